The van der Waals surface area contributed by atoms with Gasteiger partial charge in [0.15, 0.2) is 0 Å². The van der Waals surface area contributed by atoms with E-state index in [0.717, 1.165) is 29.3 Å². The summed E-state index contributed by atoms with van der Waals surface area (Å²) in [6.07, 6.45) is -13.6. The van der Waals surface area contributed by atoms with Gasteiger partial charge in [-0.15, -0.1) is 5.10 Å². The monoisotopic (exact) mass is 698 g/mol. The standard InChI is InChI=1S/C22H29F3N4O.C10H12F6.C2H6/c1-6-21(3,30)16-8-7-14(2)19(12-16)18-10-9-17(22(23,24)25)11-15(18)13-29(5)20(26)28-27-4;1-3-7(2)6-8(10(14,15)16)4-5-9(11,12)13;1-2/h7-12,27,30H,6,13H2,1-5H3,(H2,26,28);4,6H,3,5H2,1-2H3;1-2H3/b;7-6-,8-4+;. The number of hydrogen-bond donors (Lipinski definition) is 3. The normalized spacial score (nSPS) is 14.3. The van der Waals surface area contributed by atoms with E-state index in [4.69, 9.17) is 5.73 Å². The first-order valence-corrected chi connectivity index (χ1v) is 15.2. The predicted octanol–water partition coefficient (Wildman–Crippen LogP) is 9.99. The molecule has 2 aromatic rings. The van der Waals surface area contributed by atoms with Crippen molar-refractivity contribution in [2.45, 2.75) is 98.4 Å². The molecule has 0 aliphatic heterocycles. The smallest absolute Gasteiger partial charge is 0.385 e. The number of guanidine groups is 1. The van der Waals surface area contributed by atoms with Crippen LogP contribution in [0.3, 0.4) is 0 Å². The number of nitrogens with zero attached hydrogens (tertiary/aromatic N) is 2. The van der Waals surface area contributed by atoms with Gasteiger partial charge in [0.05, 0.1) is 23.2 Å². The maximum atomic E-state index is 13.4. The fourth-order valence-electron chi connectivity index (χ4n) is 4.00. The molecular formula is C34H47F9N4O. The van der Waals surface area contributed by atoms with Crippen LogP contribution in [0.4, 0.5) is 39.5 Å². The zero-order valence-electron chi connectivity index (χ0n) is 28.8. The molecule has 0 bridgehead atoms. The molecule has 0 fully saturated rings. The average molecular weight is 699 g/mol. The SMILES string of the molecule is CC.CC/C(C)=C\C(=C/CC(F)(F)F)C(F)(F)F.CCC(C)(O)c1ccc(C)c(-c2ccc(C(F)(F)F)cc2CN(C)/C(N)=N/NC)c1. The second-order valence-corrected chi connectivity index (χ2v) is 10.9. The van der Waals surface area contributed by atoms with E-state index in [9.17, 15) is 44.6 Å². The summed E-state index contributed by atoms with van der Waals surface area (Å²) in [6, 6.07) is 9.25. The van der Waals surface area contributed by atoms with Crippen LogP contribution in [0.5, 0.6) is 0 Å². The van der Waals surface area contributed by atoms with Crippen molar-refractivity contribution in [1.82, 2.24) is 10.3 Å². The van der Waals surface area contributed by atoms with Crippen LogP contribution in [0.2, 0.25) is 0 Å². The van der Waals surface area contributed by atoms with Gasteiger partial charge >= 0.3 is 18.5 Å². The fraction of sp³-hybridized carbons (Fsp3) is 0.500. The third kappa shape index (κ3) is 14.6. The van der Waals surface area contributed by atoms with Crippen LogP contribution in [0.1, 0.15) is 83.1 Å². The minimum atomic E-state index is -4.75. The van der Waals surface area contributed by atoms with Crippen molar-refractivity contribution < 1.29 is 44.6 Å². The summed E-state index contributed by atoms with van der Waals surface area (Å²) >= 11 is 0. The summed E-state index contributed by atoms with van der Waals surface area (Å²) in [5.74, 6) is 0.153. The number of nitrogens with two attached hydrogens (primary N) is 1. The van der Waals surface area contributed by atoms with E-state index in [1.165, 1.54) is 13.0 Å². The van der Waals surface area contributed by atoms with E-state index in [-0.39, 0.29) is 18.6 Å². The first-order chi connectivity index (χ1) is 22.0. The van der Waals surface area contributed by atoms with Gasteiger partial charge in [-0.05, 0) is 79.6 Å². The summed E-state index contributed by atoms with van der Waals surface area (Å²) in [5, 5.41) is 14.5. The predicted molar refractivity (Wildman–Crippen MR) is 174 cm³/mol. The Hall–Kier alpha value is -3.68. The minimum absolute atomic E-state index is 0.129. The van der Waals surface area contributed by atoms with Crippen molar-refractivity contribution in [3.05, 3.63) is 82.0 Å². The quantitative estimate of drug-likeness (QED) is 0.0802. The van der Waals surface area contributed by atoms with Gasteiger partial charge in [-0.1, -0.05) is 63.6 Å². The molecule has 14 heteroatoms. The van der Waals surface area contributed by atoms with Crippen LogP contribution in [-0.2, 0) is 18.3 Å². The van der Waals surface area contributed by atoms with Gasteiger partial charge in [-0.3, -0.25) is 0 Å². The van der Waals surface area contributed by atoms with E-state index in [2.05, 4.69) is 10.5 Å². The first-order valence-electron chi connectivity index (χ1n) is 15.2. The summed E-state index contributed by atoms with van der Waals surface area (Å²) in [5.41, 5.74) is 9.30. The maximum Gasteiger partial charge on any atom is 0.416 e. The lowest BCUT2D eigenvalue weighted by Crippen LogP contribution is -2.35. The summed E-state index contributed by atoms with van der Waals surface area (Å²) < 4.78 is 112. The molecule has 1 unspecified atom stereocenters. The molecule has 48 heavy (non-hydrogen) atoms. The maximum absolute atomic E-state index is 13.4. The molecule has 272 valence electrons. The van der Waals surface area contributed by atoms with Gasteiger partial charge in [0.1, 0.15) is 0 Å². The second kappa shape index (κ2) is 18.8. The van der Waals surface area contributed by atoms with Gasteiger partial charge in [-0.2, -0.15) is 39.5 Å². The van der Waals surface area contributed by atoms with Crippen LogP contribution in [0, 0.1) is 6.92 Å². The number of halogens is 9. The fourth-order valence-corrected chi connectivity index (χ4v) is 4.00. The number of hydrazone groups is 1. The molecular weight excluding hydrogens is 651 g/mol. The number of alkyl halides is 9. The van der Waals surface area contributed by atoms with Crippen LogP contribution < -0.4 is 11.2 Å². The zero-order chi connectivity index (χ0) is 37.7. The molecule has 0 saturated carbocycles. The van der Waals surface area contributed by atoms with Crippen molar-refractivity contribution in [3.8, 4) is 11.1 Å². The third-order valence-electron chi connectivity index (χ3n) is 7.14. The Kier molecular flexibility index (Phi) is 17.3. The molecule has 2 rings (SSSR count). The van der Waals surface area contributed by atoms with Gasteiger partial charge in [-0.25, -0.2) is 0 Å². The second-order valence-electron chi connectivity index (χ2n) is 10.9. The van der Waals surface area contributed by atoms with Crippen LogP contribution in [0.25, 0.3) is 11.1 Å². The number of aryl methyl sites for hydroxylation is 1. The Morgan fingerprint density at radius 2 is 1.50 bits per heavy atom. The molecule has 0 radical (unpaired) electrons. The molecule has 0 aliphatic rings. The highest BCUT2D eigenvalue weighted by molar-refractivity contribution is 5.78. The number of aliphatic hydroxyl groups is 1. The lowest BCUT2D eigenvalue weighted by atomic mass is 9.87. The Labute approximate surface area is 277 Å². The van der Waals surface area contributed by atoms with Crippen molar-refractivity contribution in [1.29, 1.82) is 0 Å². The average Bonchev–Trinajstić information content (AvgIpc) is 2.99. The van der Waals surface area contributed by atoms with Crippen molar-refractivity contribution in [2.24, 2.45) is 10.8 Å². The Bertz CT molecular complexity index is 1390. The largest absolute Gasteiger partial charge is 0.416 e. The lowest BCUT2D eigenvalue weighted by molar-refractivity contribution is -0.137. The highest BCUT2D eigenvalue weighted by Crippen LogP contribution is 2.37. The number of rotatable bonds is 9. The van der Waals surface area contributed by atoms with Crippen molar-refractivity contribution in [2.75, 3.05) is 14.1 Å². The Morgan fingerprint density at radius 3 is 1.96 bits per heavy atom. The number of allylic oxidation sites excluding steroid dienone is 4. The van der Waals surface area contributed by atoms with Gasteiger partial charge < -0.3 is 21.2 Å². The van der Waals surface area contributed by atoms with E-state index in [0.29, 0.717) is 35.1 Å². The van der Waals surface area contributed by atoms with Gasteiger partial charge in [0.2, 0.25) is 5.96 Å². The molecule has 2 aromatic carbocycles. The highest BCUT2D eigenvalue weighted by atomic mass is 19.4. The first kappa shape index (κ1) is 44.3. The summed E-state index contributed by atoms with van der Waals surface area (Å²) in [6.45, 7) is 12.7. The molecule has 0 amide bonds. The van der Waals surface area contributed by atoms with E-state index < -0.39 is 41.7 Å². The van der Waals surface area contributed by atoms with Crippen LogP contribution >= 0.6 is 0 Å². The van der Waals surface area contributed by atoms with E-state index >= 15 is 0 Å². The zero-order valence-corrected chi connectivity index (χ0v) is 28.8. The lowest BCUT2D eigenvalue weighted by Gasteiger charge is -2.25. The Morgan fingerprint density at radius 1 is 0.938 bits per heavy atom. The number of benzene rings is 2. The van der Waals surface area contributed by atoms with Crippen molar-refractivity contribution in [3.63, 3.8) is 0 Å². The molecule has 0 saturated heterocycles. The molecule has 0 aliphatic carbocycles. The molecule has 4 N–H and O–H groups in total. The van der Waals surface area contributed by atoms with E-state index in [1.54, 1.807) is 32.8 Å². The van der Waals surface area contributed by atoms with Gasteiger partial charge in [0.25, 0.3) is 0 Å². The number of nitrogens with one attached hydrogen (secondary N) is 1. The topological polar surface area (TPSA) is 73.9 Å². The molecule has 0 aromatic heterocycles. The summed E-state index contributed by atoms with van der Waals surface area (Å²) in [4.78, 5) is 1.57. The van der Waals surface area contributed by atoms with Crippen LogP contribution in [0.15, 0.2) is 64.8 Å². The number of hydrogen-bond acceptors (Lipinski definition) is 3. The minimum Gasteiger partial charge on any atom is -0.385 e. The van der Waals surface area contributed by atoms with E-state index in [1.807, 2.05) is 45.9 Å². The van der Waals surface area contributed by atoms with Gasteiger partial charge in [0, 0.05) is 20.6 Å². The molecule has 1 atom stereocenters. The third-order valence-corrected chi connectivity index (χ3v) is 7.14. The molecule has 0 heterocycles. The summed E-state index contributed by atoms with van der Waals surface area (Å²) in [7, 11) is 3.25. The molecule has 5 nitrogen and oxygen atoms in total. The highest BCUT2D eigenvalue weighted by Gasteiger charge is 2.34. The van der Waals surface area contributed by atoms with Crippen molar-refractivity contribution >= 4 is 5.96 Å². The molecule has 0 spiro atoms. The Balaban J connectivity index is 0.00000104. The van der Waals surface area contributed by atoms with Crippen LogP contribution in [-0.4, -0.2) is 42.4 Å².